The number of amides is 1. The fourth-order valence-electron chi connectivity index (χ4n) is 3.79. The molecule has 29 heavy (non-hydrogen) atoms. The average Bonchev–Trinajstić information content (AvgIpc) is 2.75. The molecule has 1 aliphatic carbocycles. The van der Waals surface area contributed by atoms with Crippen molar-refractivity contribution in [1.29, 1.82) is 0 Å². The number of para-hydroxylation sites is 1. The third-order valence-electron chi connectivity index (χ3n) is 5.49. The lowest BCUT2D eigenvalue weighted by Gasteiger charge is -2.31. The standard InChI is InChI=1S/C22H30N4O3/c1-25(18-9-4-3-5-10-18)16-17-8-6-7-11-19(17)23-22(28)20-12-13-21(27)26(24-20)14-15-29-2/h6-8,11-13,18H,3-5,9-10,14-16H2,1-2H3,(H,23,28). The van der Waals surface area contributed by atoms with Crippen LogP contribution in [0.15, 0.2) is 41.2 Å². The van der Waals surface area contributed by atoms with Crippen LogP contribution < -0.4 is 10.9 Å². The number of carbonyl (C=O) groups excluding carboxylic acids is 1. The molecule has 7 heteroatoms. The summed E-state index contributed by atoms with van der Waals surface area (Å²) in [6.45, 7) is 1.44. The molecule has 0 atom stereocenters. The van der Waals surface area contributed by atoms with E-state index >= 15 is 0 Å². The molecule has 0 saturated heterocycles. The minimum Gasteiger partial charge on any atom is -0.383 e. The van der Waals surface area contributed by atoms with Crippen LogP contribution in [-0.4, -0.2) is 47.4 Å². The van der Waals surface area contributed by atoms with Crippen molar-refractivity contribution >= 4 is 11.6 Å². The van der Waals surface area contributed by atoms with E-state index in [1.165, 1.54) is 48.9 Å². The van der Waals surface area contributed by atoms with Gasteiger partial charge in [0.1, 0.15) is 5.69 Å². The number of rotatable bonds is 8. The van der Waals surface area contributed by atoms with Gasteiger partial charge < -0.3 is 10.1 Å². The number of nitrogens with zero attached hydrogens (tertiary/aromatic N) is 3. The van der Waals surface area contributed by atoms with Crippen LogP contribution >= 0.6 is 0 Å². The number of ether oxygens (including phenoxy) is 1. The second-order valence-electron chi connectivity index (χ2n) is 7.59. The number of nitrogens with one attached hydrogen (secondary N) is 1. The van der Waals surface area contributed by atoms with Crippen molar-refractivity contribution in [1.82, 2.24) is 14.7 Å². The number of hydrogen-bond donors (Lipinski definition) is 1. The number of benzene rings is 1. The molecule has 1 N–H and O–H groups in total. The van der Waals surface area contributed by atoms with Crippen LogP contribution in [0.1, 0.15) is 48.2 Å². The van der Waals surface area contributed by atoms with Gasteiger partial charge in [0.05, 0.1) is 13.2 Å². The number of anilines is 1. The number of aromatic nitrogens is 2. The summed E-state index contributed by atoms with van der Waals surface area (Å²) >= 11 is 0. The highest BCUT2D eigenvalue weighted by Gasteiger charge is 2.19. The van der Waals surface area contributed by atoms with Crippen LogP contribution in [0, 0.1) is 0 Å². The zero-order chi connectivity index (χ0) is 20.6. The van der Waals surface area contributed by atoms with Crippen LogP contribution in [0.3, 0.4) is 0 Å². The van der Waals surface area contributed by atoms with E-state index in [2.05, 4.69) is 22.4 Å². The molecule has 1 fully saturated rings. The van der Waals surface area contributed by atoms with Crippen LogP contribution in [0.25, 0.3) is 0 Å². The molecule has 0 spiro atoms. The van der Waals surface area contributed by atoms with Crippen molar-refractivity contribution in [3.63, 3.8) is 0 Å². The summed E-state index contributed by atoms with van der Waals surface area (Å²) in [6.07, 6.45) is 6.38. The Morgan fingerprint density at radius 2 is 1.97 bits per heavy atom. The highest BCUT2D eigenvalue weighted by atomic mass is 16.5. The molecule has 1 amide bonds. The molecule has 1 saturated carbocycles. The maximum Gasteiger partial charge on any atom is 0.276 e. The SMILES string of the molecule is COCCn1nc(C(=O)Nc2ccccc2CN(C)C2CCCCC2)ccc1=O. The zero-order valence-corrected chi connectivity index (χ0v) is 17.3. The molecule has 3 rings (SSSR count). The molecule has 1 aromatic heterocycles. The quantitative estimate of drug-likeness (QED) is 0.740. The Hall–Kier alpha value is -2.51. The smallest absolute Gasteiger partial charge is 0.276 e. The molecule has 7 nitrogen and oxygen atoms in total. The summed E-state index contributed by atoms with van der Waals surface area (Å²) in [5, 5.41) is 7.13. The van der Waals surface area contributed by atoms with Gasteiger partial charge in [0.25, 0.3) is 11.5 Å². The van der Waals surface area contributed by atoms with Crippen LogP contribution in [0.2, 0.25) is 0 Å². The van der Waals surface area contributed by atoms with E-state index in [1.54, 1.807) is 7.11 Å². The highest BCUT2D eigenvalue weighted by molar-refractivity contribution is 6.03. The van der Waals surface area contributed by atoms with Gasteiger partial charge in [-0.25, -0.2) is 4.68 Å². The number of carbonyl (C=O) groups is 1. The second kappa shape index (κ2) is 10.3. The maximum absolute atomic E-state index is 12.8. The summed E-state index contributed by atoms with van der Waals surface area (Å²) in [4.78, 5) is 27.0. The summed E-state index contributed by atoms with van der Waals surface area (Å²) in [6, 6.07) is 11.3. The van der Waals surface area contributed by atoms with Gasteiger partial charge in [-0.2, -0.15) is 5.10 Å². The van der Waals surface area contributed by atoms with Crippen LogP contribution in [-0.2, 0) is 17.8 Å². The largest absolute Gasteiger partial charge is 0.383 e. The third kappa shape index (κ3) is 5.74. The third-order valence-corrected chi connectivity index (χ3v) is 5.49. The first-order valence-corrected chi connectivity index (χ1v) is 10.2. The molecule has 0 bridgehead atoms. The van der Waals surface area contributed by atoms with Gasteiger partial charge in [0.15, 0.2) is 0 Å². The Bertz CT molecular complexity index is 874. The molecule has 156 valence electrons. The first kappa shape index (κ1) is 21.2. The second-order valence-corrected chi connectivity index (χ2v) is 7.59. The van der Waals surface area contributed by atoms with Gasteiger partial charge in [-0.3, -0.25) is 14.5 Å². The van der Waals surface area contributed by atoms with Gasteiger partial charge in [-0.15, -0.1) is 0 Å². The lowest BCUT2D eigenvalue weighted by molar-refractivity contribution is 0.101. The lowest BCUT2D eigenvalue weighted by atomic mass is 9.94. The Balaban J connectivity index is 1.71. The zero-order valence-electron chi connectivity index (χ0n) is 17.3. The minimum atomic E-state index is -0.330. The van der Waals surface area contributed by atoms with E-state index < -0.39 is 0 Å². The Labute approximate surface area is 171 Å². The minimum absolute atomic E-state index is 0.205. The van der Waals surface area contributed by atoms with Crippen molar-refractivity contribution in [3.8, 4) is 0 Å². The van der Waals surface area contributed by atoms with Crippen LogP contribution in [0.4, 0.5) is 5.69 Å². The Morgan fingerprint density at radius 3 is 2.72 bits per heavy atom. The molecule has 0 unspecified atom stereocenters. The molecule has 1 aromatic carbocycles. The maximum atomic E-state index is 12.8. The van der Waals surface area contributed by atoms with Gasteiger partial charge >= 0.3 is 0 Å². The fourth-order valence-corrected chi connectivity index (χ4v) is 3.79. The van der Waals surface area contributed by atoms with E-state index in [1.807, 2.05) is 24.3 Å². The van der Waals surface area contributed by atoms with Gasteiger partial charge in [-0.05, 0) is 37.6 Å². The molecule has 0 aliphatic heterocycles. The average molecular weight is 399 g/mol. The van der Waals surface area contributed by atoms with E-state index in [9.17, 15) is 9.59 Å². The predicted octanol–water partition coefficient (Wildman–Crippen LogP) is 2.91. The van der Waals surface area contributed by atoms with E-state index in [0.717, 1.165) is 17.8 Å². The van der Waals surface area contributed by atoms with E-state index in [0.29, 0.717) is 19.2 Å². The fraction of sp³-hybridized carbons (Fsp3) is 0.500. The van der Waals surface area contributed by atoms with Crippen molar-refractivity contribution in [2.75, 3.05) is 26.1 Å². The molecule has 1 heterocycles. The first-order chi connectivity index (χ1) is 14.1. The Morgan fingerprint density at radius 1 is 1.21 bits per heavy atom. The summed E-state index contributed by atoms with van der Waals surface area (Å²) in [7, 11) is 3.71. The van der Waals surface area contributed by atoms with E-state index in [-0.39, 0.29) is 17.2 Å². The van der Waals surface area contributed by atoms with Gasteiger partial charge in [0, 0.05) is 31.5 Å². The monoisotopic (exact) mass is 398 g/mol. The van der Waals surface area contributed by atoms with Gasteiger partial charge in [0.2, 0.25) is 0 Å². The van der Waals surface area contributed by atoms with Crippen molar-refractivity contribution in [2.24, 2.45) is 0 Å². The molecule has 2 aromatic rings. The number of hydrogen-bond acceptors (Lipinski definition) is 5. The van der Waals surface area contributed by atoms with Crippen LogP contribution in [0.5, 0.6) is 0 Å². The first-order valence-electron chi connectivity index (χ1n) is 10.2. The molecular formula is C22H30N4O3. The van der Waals surface area contributed by atoms with Gasteiger partial charge in [-0.1, -0.05) is 37.5 Å². The van der Waals surface area contributed by atoms with Crippen molar-refractivity contribution < 1.29 is 9.53 Å². The molecule has 0 radical (unpaired) electrons. The summed E-state index contributed by atoms with van der Waals surface area (Å²) in [5.41, 5.74) is 1.79. The lowest BCUT2D eigenvalue weighted by Crippen LogP contribution is -2.33. The van der Waals surface area contributed by atoms with Crippen molar-refractivity contribution in [2.45, 2.75) is 51.2 Å². The predicted molar refractivity (Wildman–Crippen MR) is 113 cm³/mol. The normalized spacial score (nSPS) is 14.9. The molecular weight excluding hydrogens is 368 g/mol. The highest BCUT2D eigenvalue weighted by Crippen LogP contribution is 2.25. The van der Waals surface area contributed by atoms with Crippen molar-refractivity contribution in [3.05, 3.63) is 58.0 Å². The van der Waals surface area contributed by atoms with E-state index in [4.69, 9.17) is 4.74 Å². The topological polar surface area (TPSA) is 76.5 Å². The Kier molecular flexibility index (Phi) is 7.55. The summed E-state index contributed by atoms with van der Waals surface area (Å²) < 4.78 is 6.25. The molecule has 1 aliphatic rings. The summed E-state index contributed by atoms with van der Waals surface area (Å²) in [5.74, 6) is -0.330. The number of methoxy groups -OCH3 is 1.